The molecular formula is C27H28F5N5O7. The van der Waals surface area contributed by atoms with E-state index in [4.69, 9.17) is 4.74 Å². The van der Waals surface area contributed by atoms with Crippen molar-refractivity contribution in [2.75, 3.05) is 6.61 Å². The van der Waals surface area contributed by atoms with Crippen LogP contribution >= 0.6 is 0 Å². The summed E-state index contributed by atoms with van der Waals surface area (Å²) in [5.74, 6) is -17.5. The maximum atomic E-state index is 14.6. The van der Waals surface area contributed by atoms with Gasteiger partial charge >= 0.3 is 0 Å². The average Bonchev–Trinajstić information content (AvgIpc) is 2.96. The number of ether oxygens (including phenoxy) is 1. The summed E-state index contributed by atoms with van der Waals surface area (Å²) in [4.78, 5) is 56.5. The van der Waals surface area contributed by atoms with Gasteiger partial charge in [0.25, 0.3) is 5.91 Å². The zero-order chi connectivity index (χ0) is 32.5. The SMILES string of the molecule is CC1NC(=O)C(C2CCO2)NC(=O)C(C)C(O)C(Cc2c(F)c(F)c(F)c(F)c2F)NC(=O)C1NC(=O)c1ncccc1O. The zero-order valence-electron chi connectivity index (χ0n) is 23.2. The van der Waals surface area contributed by atoms with E-state index in [0.29, 0.717) is 6.42 Å². The number of carbonyl (C=O) groups is 4. The molecule has 6 N–H and O–H groups in total. The van der Waals surface area contributed by atoms with Gasteiger partial charge in [-0.1, -0.05) is 6.92 Å². The van der Waals surface area contributed by atoms with Crippen molar-refractivity contribution in [3.05, 3.63) is 58.7 Å². The number of aliphatic hydroxyl groups excluding tert-OH is 1. The average molecular weight is 630 g/mol. The van der Waals surface area contributed by atoms with Crippen molar-refractivity contribution in [3.63, 3.8) is 0 Å². The molecule has 238 valence electrons. The molecule has 17 heteroatoms. The van der Waals surface area contributed by atoms with Gasteiger partial charge in [0.2, 0.25) is 23.5 Å². The van der Waals surface area contributed by atoms with Gasteiger partial charge in [-0.05, 0) is 25.5 Å². The molecule has 0 spiro atoms. The number of halogens is 5. The third-order valence-electron chi connectivity index (χ3n) is 7.52. The van der Waals surface area contributed by atoms with Crippen LogP contribution in [-0.4, -0.2) is 81.8 Å². The Hall–Kier alpha value is -4.38. The monoisotopic (exact) mass is 629 g/mol. The van der Waals surface area contributed by atoms with Crippen LogP contribution in [-0.2, 0) is 25.5 Å². The number of amides is 4. The first kappa shape index (κ1) is 32.5. The normalized spacial score (nSPS) is 28.0. The van der Waals surface area contributed by atoms with Gasteiger partial charge < -0.3 is 36.2 Å². The van der Waals surface area contributed by atoms with Crippen molar-refractivity contribution in [3.8, 4) is 5.75 Å². The van der Waals surface area contributed by atoms with Crippen LogP contribution in [0.1, 0.15) is 36.3 Å². The highest BCUT2D eigenvalue weighted by Crippen LogP contribution is 2.26. The second kappa shape index (κ2) is 13.1. The number of rotatable bonds is 5. The Balaban J connectivity index is 1.75. The van der Waals surface area contributed by atoms with E-state index in [2.05, 4.69) is 26.3 Å². The van der Waals surface area contributed by atoms with Crippen LogP contribution in [0.25, 0.3) is 0 Å². The van der Waals surface area contributed by atoms with Crippen LogP contribution in [0.2, 0.25) is 0 Å². The van der Waals surface area contributed by atoms with E-state index in [9.17, 15) is 51.3 Å². The van der Waals surface area contributed by atoms with Crippen molar-refractivity contribution in [1.29, 1.82) is 0 Å². The highest BCUT2D eigenvalue weighted by molar-refractivity contribution is 5.98. The molecular weight excluding hydrogens is 601 g/mol. The topological polar surface area (TPSA) is 179 Å². The largest absolute Gasteiger partial charge is 0.505 e. The number of nitrogens with zero attached hydrogens (tertiary/aromatic N) is 1. The Labute approximate surface area is 246 Å². The van der Waals surface area contributed by atoms with Crippen LogP contribution in [0.3, 0.4) is 0 Å². The number of aromatic hydroxyl groups is 1. The van der Waals surface area contributed by atoms with Gasteiger partial charge in [-0.2, -0.15) is 0 Å². The van der Waals surface area contributed by atoms with Gasteiger partial charge in [0, 0.05) is 24.8 Å². The number of benzene rings is 1. The fourth-order valence-corrected chi connectivity index (χ4v) is 4.81. The Morgan fingerprint density at radius 1 is 0.977 bits per heavy atom. The summed E-state index contributed by atoms with van der Waals surface area (Å²) in [7, 11) is 0. The minimum atomic E-state index is -2.42. The first-order valence-corrected chi connectivity index (χ1v) is 13.4. The van der Waals surface area contributed by atoms with Crippen LogP contribution in [0.15, 0.2) is 18.3 Å². The Morgan fingerprint density at radius 2 is 1.59 bits per heavy atom. The summed E-state index contributed by atoms with van der Waals surface area (Å²) < 4.78 is 76.2. The number of hydrogen-bond donors (Lipinski definition) is 6. The van der Waals surface area contributed by atoms with E-state index in [0.717, 1.165) is 13.0 Å². The summed E-state index contributed by atoms with van der Waals surface area (Å²) in [6, 6.07) is -3.77. The van der Waals surface area contributed by atoms with Crippen LogP contribution < -0.4 is 21.3 Å². The smallest absolute Gasteiger partial charge is 0.274 e. The lowest BCUT2D eigenvalue weighted by Gasteiger charge is -2.37. The predicted molar refractivity (Wildman–Crippen MR) is 138 cm³/mol. The molecule has 1 aromatic carbocycles. The molecule has 44 heavy (non-hydrogen) atoms. The van der Waals surface area contributed by atoms with Crippen LogP contribution in [0.5, 0.6) is 5.75 Å². The van der Waals surface area contributed by atoms with E-state index >= 15 is 0 Å². The minimum absolute atomic E-state index is 0.275. The molecule has 7 unspecified atom stereocenters. The Kier molecular flexibility index (Phi) is 9.68. The van der Waals surface area contributed by atoms with Crippen LogP contribution in [0.4, 0.5) is 22.0 Å². The van der Waals surface area contributed by atoms with Crippen molar-refractivity contribution in [2.45, 2.75) is 63.1 Å². The van der Waals surface area contributed by atoms with Gasteiger partial charge in [-0.3, -0.25) is 19.2 Å². The molecule has 1 aromatic heterocycles. The third-order valence-corrected chi connectivity index (χ3v) is 7.52. The Morgan fingerprint density at radius 3 is 2.16 bits per heavy atom. The minimum Gasteiger partial charge on any atom is -0.505 e. The first-order valence-electron chi connectivity index (χ1n) is 13.4. The number of pyridine rings is 1. The van der Waals surface area contributed by atoms with E-state index in [-0.39, 0.29) is 6.61 Å². The van der Waals surface area contributed by atoms with Gasteiger partial charge in [-0.15, -0.1) is 0 Å². The summed E-state index contributed by atoms with van der Waals surface area (Å²) in [6.07, 6.45) is -2.48. The van der Waals surface area contributed by atoms with E-state index in [1.54, 1.807) is 0 Å². The molecule has 2 aliphatic rings. The summed E-state index contributed by atoms with van der Waals surface area (Å²) in [6.45, 7) is 2.70. The fourth-order valence-electron chi connectivity index (χ4n) is 4.81. The molecule has 4 rings (SSSR count). The molecule has 0 saturated carbocycles. The van der Waals surface area contributed by atoms with Crippen molar-refractivity contribution in [1.82, 2.24) is 26.3 Å². The molecule has 12 nitrogen and oxygen atoms in total. The maximum Gasteiger partial charge on any atom is 0.274 e. The van der Waals surface area contributed by atoms with Crippen LogP contribution in [0, 0.1) is 35.0 Å². The Bertz CT molecular complexity index is 1450. The molecule has 2 aromatic rings. The quantitative estimate of drug-likeness (QED) is 0.153. The highest BCUT2D eigenvalue weighted by atomic mass is 19.2. The van der Waals surface area contributed by atoms with Crippen molar-refractivity contribution < 1.29 is 56.1 Å². The molecule has 0 aliphatic carbocycles. The van der Waals surface area contributed by atoms with E-state index < -0.39 is 118 Å². The summed E-state index contributed by atoms with van der Waals surface area (Å²) in [5, 5.41) is 30.5. The third kappa shape index (κ3) is 6.42. The summed E-state index contributed by atoms with van der Waals surface area (Å²) >= 11 is 0. The second-order valence-electron chi connectivity index (χ2n) is 10.5. The van der Waals surface area contributed by atoms with Gasteiger partial charge in [0.1, 0.15) is 17.8 Å². The summed E-state index contributed by atoms with van der Waals surface area (Å²) in [5.41, 5.74) is -1.89. The zero-order valence-corrected chi connectivity index (χ0v) is 23.2. The number of nitrogens with one attached hydrogen (secondary N) is 4. The molecule has 7 atom stereocenters. The van der Waals surface area contributed by atoms with Crippen molar-refractivity contribution in [2.24, 2.45) is 5.92 Å². The molecule has 4 amide bonds. The fraction of sp³-hybridized carbons (Fsp3) is 0.444. The molecule has 3 heterocycles. The van der Waals surface area contributed by atoms with Gasteiger partial charge in [-0.25, -0.2) is 26.9 Å². The van der Waals surface area contributed by atoms with Gasteiger partial charge in [0.15, 0.2) is 29.0 Å². The lowest BCUT2D eigenvalue weighted by atomic mass is 9.90. The number of hydrogen-bond acceptors (Lipinski definition) is 8. The molecule has 2 fully saturated rings. The van der Waals surface area contributed by atoms with Crippen molar-refractivity contribution >= 4 is 23.6 Å². The molecule has 2 saturated heterocycles. The lowest BCUT2D eigenvalue weighted by Crippen LogP contribution is -2.66. The molecule has 0 bridgehead atoms. The number of aliphatic hydroxyl groups is 1. The lowest BCUT2D eigenvalue weighted by molar-refractivity contribution is -0.144. The number of carbonyl (C=O) groups excluding carboxylic acids is 4. The second-order valence-corrected chi connectivity index (χ2v) is 10.5. The highest BCUT2D eigenvalue weighted by Gasteiger charge is 2.42. The predicted octanol–water partition coefficient (Wildman–Crippen LogP) is 0.0976. The van der Waals surface area contributed by atoms with E-state index in [1.165, 1.54) is 19.2 Å². The number of aromatic nitrogens is 1. The van der Waals surface area contributed by atoms with E-state index in [1.807, 2.05) is 0 Å². The van der Waals surface area contributed by atoms with Gasteiger partial charge in [0.05, 0.1) is 30.2 Å². The standard InChI is InChI=1S/C27H28F5N5O7/c1-9-23(39)12(8-11-15(28)17(30)19(32)18(31)16(11)29)35-25(41)20(36-26(42)21-13(38)4-3-6-33-21)10(2)34-27(43)22(37-24(9)40)14-5-7-44-14/h3-4,6,9-10,12,14,20,22-23,38-39H,5,7-8H2,1-2H3,(H,34,43)(H,35,41)(H,36,42)(H,37,40). The molecule has 0 radical (unpaired) electrons. The maximum absolute atomic E-state index is 14.6. The molecule has 2 aliphatic heterocycles. The first-order chi connectivity index (χ1) is 20.7.